The molecule has 3 atom stereocenters. The molecule has 1 aliphatic heterocycles. The van der Waals surface area contributed by atoms with Crippen molar-refractivity contribution in [1.82, 2.24) is 4.90 Å². The molecule has 0 spiro atoms. The van der Waals surface area contributed by atoms with Gasteiger partial charge in [-0.25, -0.2) is 0 Å². The topological polar surface area (TPSA) is 3.24 Å². The maximum Gasteiger partial charge on any atom is 0.0163 e. The first-order valence-electron chi connectivity index (χ1n) is 8.06. The lowest BCUT2D eigenvalue weighted by molar-refractivity contribution is 0.238. The SMILES string of the molecule is CC(C)c1ccccc1C12CN(C)CC1C2C(C)(C)C. The van der Waals surface area contributed by atoms with Crippen LogP contribution in [0.4, 0.5) is 0 Å². The van der Waals surface area contributed by atoms with Crippen molar-refractivity contribution in [3.8, 4) is 0 Å². The van der Waals surface area contributed by atoms with Gasteiger partial charge in [0.15, 0.2) is 0 Å². The normalized spacial score (nSPS) is 33.5. The van der Waals surface area contributed by atoms with E-state index in [9.17, 15) is 0 Å². The highest BCUT2D eigenvalue weighted by molar-refractivity contribution is 5.47. The Morgan fingerprint density at radius 3 is 2.45 bits per heavy atom. The van der Waals surface area contributed by atoms with Gasteiger partial charge in [0.25, 0.3) is 0 Å². The molecule has 0 radical (unpaired) electrons. The molecule has 0 amide bonds. The summed E-state index contributed by atoms with van der Waals surface area (Å²) in [6.07, 6.45) is 0. The van der Waals surface area contributed by atoms with E-state index >= 15 is 0 Å². The van der Waals surface area contributed by atoms with Gasteiger partial charge in [0.1, 0.15) is 0 Å². The number of fused-ring (bicyclic) bond motifs is 1. The van der Waals surface area contributed by atoms with E-state index in [4.69, 9.17) is 0 Å². The Labute approximate surface area is 124 Å². The molecule has 1 nitrogen and oxygen atoms in total. The van der Waals surface area contributed by atoms with Crippen molar-refractivity contribution in [2.24, 2.45) is 17.3 Å². The molecule has 110 valence electrons. The van der Waals surface area contributed by atoms with Crippen LogP contribution in [-0.2, 0) is 5.41 Å². The zero-order valence-electron chi connectivity index (χ0n) is 13.9. The molecule has 0 aromatic heterocycles. The van der Waals surface area contributed by atoms with Gasteiger partial charge in [-0.1, -0.05) is 58.9 Å². The maximum atomic E-state index is 2.53. The predicted octanol–water partition coefficient (Wildman–Crippen LogP) is 4.29. The average Bonchev–Trinajstić information content (AvgIpc) is 2.85. The third-order valence-corrected chi connectivity index (χ3v) is 5.57. The minimum atomic E-state index is 0.413. The fourth-order valence-electron chi connectivity index (χ4n) is 5.10. The van der Waals surface area contributed by atoms with Crippen molar-refractivity contribution in [3.05, 3.63) is 35.4 Å². The summed E-state index contributed by atoms with van der Waals surface area (Å²) in [4.78, 5) is 2.53. The van der Waals surface area contributed by atoms with E-state index in [0.29, 0.717) is 16.7 Å². The Kier molecular flexibility index (Phi) is 3.06. The lowest BCUT2D eigenvalue weighted by Crippen LogP contribution is -2.31. The molecule has 1 saturated carbocycles. The van der Waals surface area contributed by atoms with Gasteiger partial charge in [-0.15, -0.1) is 0 Å². The van der Waals surface area contributed by atoms with Gasteiger partial charge in [0, 0.05) is 18.5 Å². The quantitative estimate of drug-likeness (QED) is 0.776. The number of likely N-dealkylation sites (N-methyl/N-ethyl adjacent to an activating group) is 1. The monoisotopic (exact) mass is 271 g/mol. The van der Waals surface area contributed by atoms with Crippen molar-refractivity contribution in [1.29, 1.82) is 0 Å². The number of nitrogens with zero attached hydrogens (tertiary/aromatic N) is 1. The summed E-state index contributed by atoms with van der Waals surface area (Å²) < 4.78 is 0. The number of hydrogen-bond acceptors (Lipinski definition) is 1. The molecule has 1 aromatic rings. The fraction of sp³-hybridized carbons (Fsp3) is 0.684. The van der Waals surface area contributed by atoms with Crippen molar-refractivity contribution in [2.45, 2.75) is 46.0 Å². The zero-order chi connectivity index (χ0) is 14.7. The van der Waals surface area contributed by atoms with Crippen LogP contribution in [0.15, 0.2) is 24.3 Å². The summed E-state index contributed by atoms with van der Waals surface area (Å²) in [6.45, 7) is 14.5. The number of piperidine rings is 1. The summed E-state index contributed by atoms with van der Waals surface area (Å²) in [5.41, 5.74) is 4.05. The van der Waals surface area contributed by atoms with Crippen LogP contribution in [0, 0.1) is 17.3 Å². The van der Waals surface area contributed by atoms with Crippen molar-refractivity contribution < 1.29 is 0 Å². The lowest BCUT2D eigenvalue weighted by Gasteiger charge is -2.30. The van der Waals surface area contributed by atoms with E-state index < -0.39 is 0 Å². The van der Waals surface area contributed by atoms with Crippen molar-refractivity contribution >= 4 is 0 Å². The van der Waals surface area contributed by atoms with Gasteiger partial charge >= 0.3 is 0 Å². The van der Waals surface area contributed by atoms with Gasteiger partial charge in [0.2, 0.25) is 0 Å². The highest BCUT2D eigenvalue weighted by Gasteiger charge is 2.72. The summed E-state index contributed by atoms with van der Waals surface area (Å²) in [6, 6.07) is 9.20. The summed E-state index contributed by atoms with van der Waals surface area (Å²) >= 11 is 0. The Morgan fingerprint density at radius 1 is 1.20 bits per heavy atom. The summed E-state index contributed by atoms with van der Waals surface area (Å²) in [5.74, 6) is 2.31. The number of rotatable bonds is 2. The Morgan fingerprint density at radius 2 is 1.85 bits per heavy atom. The second-order valence-electron chi connectivity index (χ2n) is 8.43. The largest absolute Gasteiger partial charge is 0.305 e. The van der Waals surface area contributed by atoms with Crippen LogP contribution < -0.4 is 0 Å². The van der Waals surface area contributed by atoms with Gasteiger partial charge in [-0.2, -0.15) is 0 Å². The third kappa shape index (κ3) is 1.86. The number of benzene rings is 1. The van der Waals surface area contributed by atoms with Crippen molar-refractivity contribution in [2.75, 3.05) is 20.1 Å². The number of likely N-dealkylation sites (tertiary alicyclic amines) is 1. The molecule has 0 bridgehead atoms. The van der Waals surface area contributed by atoms with Crippen LogP contribution in [0.5, 0.6) is 0 Å². The van der Waals surface area contributed by atoms with Crippen LogP contribution in [0.25, 0.3) is 0 Å². The second-order valence-corrected chi connectivity index (χ2v) is 8.43. The molecule has 2 aliphatic rings. The molecule has 0 N–H and O–H groups in total. The molecular formula is C19H29N. The molecule has 2 fully saturated rings. The average molecular weight is 271 g/mol. The van der Waals surface area contributed by atoms with Crippen LogP contribution in [0.3, 0.4) is 0 Å². The molecule has 1 aromatic carbocycles. The highest BCUT2D eigenvalue weighted by Crippen LogP contribution is 2.70. The van der Waals surface area contributed by atoms with Crippen LogP contribution in [-0.4, -0.2) is 25.0 Å². The first-order chi connectivity index (χ1) is 9.28. The number of hydrogen-bond donors (Lipinski definition) is 0. The van der Waals surface area contributed by atoms with E-state index in [2.05, 4.69) is 70.8 Å². The van der Waals surface area contributed by atoms with E-state index in [1.54, 1.807) is 11.1 Å². The second kappa shape index (κ2) is 4.34. The third-order valence-electron chi connectivity index (χ3n) is 5.57. The van der Waals surface area contributed by atoms with E-state index in [0.717, 1.165) is 11.8 Å². The van der Waals surface area contributed by atoms with Crippen LogP contribution >= 0.6 is 0 Å². The maximum absolute atomic E-state index is 2.53. The molecular weight excluding hydrogens is 242 g/mol. The predicted molar refractivity (Wildman–Crippen MR) is 86.1 cm³/mol. The standard InChI is InChI=1S/C19H29N/c1-13(2)14-9-7-8-10-15(14)19-12-20(6)11-16(19)17(19)18(3,4)5/h7-10,13,16-17H,11-12H2,1-6H3. The van der Waals surface area contributed by atoms with Gasteiger partial charge < -0.3 is 4.90 Å². The van der Waals surface area contributed by atoms with Gasteiger partial charge in [0.05, 0.1) is 0 Å². The molecule has 3 rings (SSSR count). The molecule has 3 unspecified atom stereocenters. The van der Waals surface area contributed by atoms with E-state index in [-0.39, 0.29) is 0 Å². The summed E-state index contributed by atoms with van der Waals surface area (Å²) in [7, 11) is 2.28. The molecule has 1 heteroatoms. The first-order valence-corrected chi connectivity index (χ1v) is 8.06. The van der Waals surface area contributed by atoms with Crippen LogP contribution in [0.1, 0.15) is 51.7 Å². The highest BCUT2D eigenvalue weighted by atomic mass is 15.2. The van der Waals surface area contributed by atoms with E-state index in [1.807, 2.05) is 0 Å². The van der Waals surface area contributed by atoms with Gasteiger partial charge in [-0.05, 0) is 41.3 Å². The molecule has 1 heterocycles. The Bertz CT molecular complexity index is 511. The molecule has 1 aliphatic carbocycles. The van der Waals surface area contributed by atoms with E-state index in [1.165, 1.54) is 13.1 Å². The van der Waals surface area contributed by atoms with Crippen LogP contribution in [0.2, 0.25) is 0 Å². The lowest BCUT2D eigenvalue weighted by atomic mass is 9.78. The Balaban J connectivity index is 2.08. The van der Waals surface area contributed by atoms with Crippen molar-refractivity contribution in [3.63, 3.8) is 0 Å². The summed E-state index contributed by atoms with van der Waals surface area (Å²) in [5, 5.41) is 0. The van der Waals surface area contributed by atoms with Gasteiger partial charge in [-0.3, -0.25) is 0 Å². The Hall–Kier alpha value is -0.820. The minimum absolute atomic E-state index is 0.413. The smallest absolute Gasteiger partial charge is 0.0163 e. The molecule has 1 saturated heterocycles. The minimum Gasteiger partial charge on any atom is -0.305 e. The zero-order valence-corrected chi connectivity index (χ0v) is 13.9. The first kappa shape index (κ1) is 14.1. The molecule has 20 heavy (non-hydrogen) atoms. The fourth-order valence-corrected chi connectivity index (χ4v) is 5.10.